The average Bonchev–Trinajstić information content (AvgIpc) is 3.25. The van der Waals surface area contributed by atoms with E-state index in [2.05, 4.69) is 25.9 Å². The van der Waals surface area contributed by atoms with E-state index in [9.17, 15) is 0 Å². The first-order valence-electron chi connectivity index (χ1n) is 15.1. The summed E-state index contributed by atoms with van der Waals surface area (Å²) in [6, 6.07) is 15.3. The van der Waals surface area contributed by atoms with Gasteiger partial charge in [-0.2, -0.15) is 0 Å². The van der Waals surface area contributed by atoms with Crippen molar-refractivity contribution in [3.63, 3.8) is 0 Å². The van der Waals surface area contributed by atoms with Crippen LogP contribution in [0.15, 0.2) is 65.4 Å². The van der Waals surface area contributed by atoms with Crippen molar-refractivity contribution in [3.8, 4) is 34.1 Å². The minimum atomic E-state index is -0.363. The smallest absolute Gasteiger partial charge is 0.486 e. The molecule has 3 aliphatic rings. The molecule has 2 aromatic heterocycles. The van der Waals surface area contributed by atoms with Crippen LogP contribution >= 0.6 is 15.9 Å². The summed E-state index contributed by atoms with van der Waals surface area (Å²) >= 11 is 3.44. The molecule has 2 aromatic carbocycles. The quantitative estimate of drug-likeness (QED) is 0.222. The normalized spacial score (nSPS) is 16.4. The molecule has 4 aromatic rings. The van der Waals surface area contributed by atoms with Crippen molar-refractivity contribution in [1.82, 2.24) is 9.97 Å². The summed E-state index contributed by atoms with van der Waals surface area (Å²) in [6.45, 7) is 14.7. The van der Waals surface area contributed by atoms with Crippen molar-refractivity contribution in [2.45, 2.75) is 60.2 Å². The van der Waals surface area contributed by atoms with Crippen LogP contribution in [0.3, 0.4) is 0 Å². The van der Waals surface area contributed by atoms with Gasteiger partial charge in [0.25, 0.3) is 0 Å². The fourth-order valence-electron chi connectivity index (χ4n) is 4.77. The number of nitrogens with two attached hydrogens (primary N) is 2. The van der Waals surface area contributed by atoms with E-state index >= 15 is 0 Å². The van der Waals surface area contributed by atoms with Crippen molar-refractivity contribution in [3.05, 3.63) is 76.5 Å². The zero-order chi connectivity index (χ0) is 33.1. The number of nitrogen functional groups attached to an aromatic ring is 2. The third kappa shape index (κ3) is 8.49. The van der Waals surface area contributed by atoms with E-state index in [4.69, 9.17) is 39.7 Å². The second-order valence-corrected chi connectivity index (χ2v) is 13.0. The molecule has 4 N–H and O–H groups in total. The van der Waals surface area contributed by atoms with E-state index in [1.807, 2.05) is 77.9 Å². The molecule has 250 valence electrons. The molecule has 0 atom stereocenters. The number of hydrogen-bond acceptors (Lipinski definition) is 10. The first-order valence-corrected chi connectivity index (χ1v) is 15.9. The Bertz CT molecular complexity index is 1620. The Labute approximate surface area is 286 Å². The van der Waals surface area contributed by atoms with Crippen LogP contribution in [0.1, 0.15) is 46.2 Å². The number of fused-ring (bicyclic) bond motifs is 2. The Hall–Kier alpha value is -4.00. The van der Waals surface area contributed by atoms with Crippen LogP contribution in [0.25, 0.3) is 11.1 Å². The minimum absolute atomic E-state index is 0. The van der Waals surface area contributed by atoms with Crippen molar-refractivity contribution in [2.24, 2.45) is 0 Å². The Morgan fingerprint density at radius 3 is 1.62 bits per heavy atom. The zero-order valence-corrected chi connectivity index (χ0v) is 28.6. The summed E-state index contributed by atoms with van der Waals surface area (Å²) in [5.41, 5.74) is 15.8. The van der Waals surface area contributed by atoms with Crippen LogP contribution in [0.2, 0.25) is 0 Å². The predicted molar refractivity (Wildman–Crippen MR) is 191 cm³/mol. The van der Waals surface area contributed by atoms with Crippen molar-refractivity contribution >= 4 is 40.1 Å². The number of halogens is 1. The topological polar surface area (TPSA) is 133 Å². The molecular weight excluding hydrogens is 663 g/mol. The second-order valence-electron chi connectivity index (χ2n) is 12.1. The van der Waals surface area contributed by atoms with Crippen molar-refractivity contribution in [1.29, 1.82) is 0 Å². The van der Waals surface area contributed by atoms with Gasteiger partial charge in [-0.3, -0.25) is 0 Å². The number of aryl methyl sites for hydroxylation is 2. The van der Waals surface area contributed by atoms with E-state index in [0.29, 0.717) is 38.1 Å². The predicted octanol–water partition coefficient (Wildman–Crippen LogP) is 6.54. The Balaban J connectivity index is 0.000000161. The lowest BCUT2D eigenvalue weighted by atomic mass is 9.80. The van der Waals surface area contributed by atoms with Gasteiger partial charge in [0.2, 0.25) is 0 Å². The molecule has 1 fully saturated rings. The number of ether oxygens (including phenoxy) is 4. The number of rotatable bonds is 2. The van der Waals surface area contributed by atoms with Gasteiger partial charge < -0.3 is 39.7 Å². The second kappa shape index (κ2) is 14.8. The lowest BCUT2D eigenvalue weighted by Gasteiger charge is -2.32. The highest BCUT2D eigenvalue weighted by atomic mass is 79.9. The Kier molecular flexibility index (Phi) is 11.3. The van der Waals surface area contributed by atoms with Crippen LogP contribution in [0.4, 0.5) is 11.6 Å². The summed E-state index contributed by atoms with van der Waals surface area (Å²) in [4.78, 5) is 8.15. The highest BCUT2D eigenvalue weighted by molar-refractivity contribution is 9.10. The molecule has 0 unspecified atom stereocenters. The maximum Gasteiger partial charge on any atom is 0.496 e. The van der Waals surface area contributed by atoms with Gasteiger partial charge >= 0.3 is 7.12 Å². The summed E-state index contributed by atoms with van der Waals surface area (Å²) in [7, 11) is -0.363. The maximum absolute atomic E-state index is 5.89. The molecule has 0 aliphatic carbocycles. The van der Waals surface area contributed by atoms with Crippen LogP contribution in [0, 0.1) is 13.8 Å². The number of hydrogen-bond donors (Lipinski definition) is 2. The van der Waals surface area contributed by atoms with Gasteiger partial charge in [0.15, 0.2) is 23.0 Å². The van der Waals surface area contributed by atoms with Crippen LogP contribution in [0.5, 0.6) is 23.0 Å². The van der Waals surface area contributed by atoms with E-state index in [-0.39, 0.29) is 25.7 Å². The fourth-order valence-corrected chi connectivity index (χ4v) is 5.09. The van der Waals surface area contributed by atoms with Gasteiger partial charge in [-0.1, -0.05) is 29.4 Å². The molecule has 10 nitrogen and oxygen atoms in total. The molecule has 7 rings (SSSR count). The Morgan fingerprint density at radius 2 is 1.13 bits per heavy atom. The number of aromatic nitrogens is 2. The van der Waals surface area contributed by atoms with Crippen LogP contribution in [-0.4, -0.2) is 54.7 Å². The zero-order valence-electron chi connectivity index (χ0n) is 27.1. The summed E-state index contributed by atoms with van der Waals surface area (Å²) < 4.78 is 34.8. The monoisotopic (exact) mass is 706 g/mol. The molecule has 0 spiro atoms. The lowest BCUT2D eigenvalue weighted by Crippen LogP contribution is -2.41. The lowest BCUT2D eigenvalue weighted by molar-refractivity contribution is 0.00578. The molecule has 1 saturated heterocycles. The van der Waals surface area contributed by atoms with E-state index < -0.39 is 0 Å². The van der Waals surface area contributed by atoms with E-state index in [1.165, 1.54) is 5.56 Å². The highest BCUT2D eigenvalue weighted by Gasteiger charge is 2.51. The number of pyridine rings is 2. The molecule has 3 aliphatic heterocycles. The summed E-state index contributed by atoms with van der Waals surface area (Å²) in [5.74, 6) is 4.31. The SMILES string of the molecule is C.CC1(C)OB(c2ccc(N)nc2)OC1(C)C.Cc1cc2c(cc1-c1ccc(N)nc1)OCCO2.Cc1cc2c(cc1Br)OCCO2. The van der Waals surface area contributed by atoms with E-state index in [0.717, 1.165) is 49.6 Å². The number of anilines is 2. The third-order valence-electron chi connectivity index (χ3n) is 8.14. The van der Waals surface area contributed by atoms with Crippen LogP contribution < -0.4 is 35.9 Å². The fraction of sp³-hybridized carbons (Fsp3) is 0.371. The number of nitrogens with zero attached hydrogens (tertiary/aromatic N) is 2. The first-order chi connectivity index (χ1) is 21.8. The molecule has 47 heavy (non-hydrogen) atoms. The maximum atomic E-state index is 5.89. The third-order valence-corrected chi connectivity index (χ3v) is 9.00. The van der Waals surface area contributed by atoms with Gasteiger partial charge in [-0.15, -0.1) is 0 Å². The van der Waals surface area contributed by atoms with Gasteiger partial charge in [-0.25, -0.2) is 9.97 Å². The standard InChI is InChI=1S/C14H14N2O2.C11H17BN2O2.C9H9BrO2.CH4/c1-9-6-12-13(18-5-4-17-12)7-11(9)10-2-3-14(15)16-8-10;1-10(2)11(3,4)16-12(15-10)8-5-6-9(13)14-7-8;1-6-4-8-9(5-7(6)10)12-3-2-11-8;/h2-3,6-8H,4-5H2,1H3,(H2,15,16);5-7H,1-4H3,(H2,13,14);4-5H,2-3H2,1H3;1H4. The minimum Gasteiger partial charge on any atom is -0.486 e. The van der Waals surface area contributed by atoms with Gasteiger partial charge in [0.1, 0.15) is 38.1 Å². The largest absolute Gasteiger partial charge is 0.496 e. The summed E-state index contributed by atoms with van der Waals surface area (Å²) in [5, 5.41) is 0. The molecule has 5 heterocycles. The molecule has 12 heteroatoms. The molecule has 0 radical (unpaired) electrons. The molecular formula is C35H44BBrN4O6. The first kappa shape index (κ1) is 35.9. The van der Waals surface area contributed by atoms with Gasteiger partial charge in [-0.05, 0) is 101 Å². The van der Waals surface area contributed by atoms with Crippen molar-refractivity contribution in [2.75, 3.05) is 37.9 Å². The highest BCUT2D eigenvalue weighted by Crippen LogP contribution is 2.38. The number of benzene rings is 2. The molecule has 0 bridgehead atoms. The van der Waals surface area contributed by atoms with Crippen LogP contribution in [-0.2, 0) is 9.31 Å². The average molecular weight is 707 g/mol. The Morgan fingerprint density at radius 1 is 0.660 bits per heavy atom. The van der Waals surface area contributed by atoms with Crippen molar-refractivity contribution < 1.29 is 28.3 Å². The molecule has 0 saturated carbocycles. The van der Waals surface area contributed by atoms with Gasteiger partial charge in [0, 0.05) is 27.9 Å². The van der Waals surface area contributed by atoms with Gasteiger partial charge in [0.05, 0.1) is 11.2 Å². The van der Waals surface area contributed by atoms with E-state index in [1.54, 1.807) is 24.5 Å². The molecule has 0 amide bonds. The summed E-state index contributed by atoms with van der Waals surface area (Å²) in [6.07, 6.45) is 3.46.